The van der Waals surface area contributed by atoms with Crippen molar-refractivity contribution >= 4 is 17.6 Å². The number of fused-ring (bicyclic) bond motifs is 1. The van der Waals surface area contributed by atoms with E-state index in [1.165, 1.54) is 10.5 Å². The smallest absolute Gasteiger partial charge is 0.166 e. The van der Waals surface area contributed by atoms with Crippen molar-refractivity contribution in [1.82, 2.24) is 4.98 Å². The van der Waals surface area contributed by atoms with Crippen molar-refractivity contribution in [3.8, 4) is 5.75 Å². The van der Waals surface area contributed by atoms with Crippen LogP contribution in [0.25, 0.3) is 0 Å². The van der Waals surface area contributed by atoms with Crippen molar-refractivity contribution in [2.24, 2.45) is 0 Å². The molecule has 3 nitrogen and oxygen atoms in total. The maximum Gasteiger partial charge on any atom is 0.166 e. The average molecular weight is 258 g/mol. The summed E-state index contributed by atoms with van der Waals surface area (Å²) in [6, 6.07) is 12.2. The highest BCUT2D eigenvalue weighted by molar-refractivity contribution is 8.00. The van der Waals surface area contributed by atoms with Crippen molar-refractivity contribution in [2.75, 3.05) is 12.3 Å². The van der Waals surface area contributed by atoms with Gasteiger partial charge < -0.3 is 10.5 Å². The second-order valence-electron chi connectivity index (χ2n) is 4.25. The van der Waals surface area contributed by atoms with Crippen molar-refractivity contribution in [1.29, 1.82) is 0 Å². The number of nitrogens with two attached hydrogens (primary N) is 1. The number of benzene rings is 1. The SMILES string of the molecule is Nc1ncccc1OCC1Cc2ccccc2S1. The zero-order valence-corrected chi connectivity index (χ0v) is 10.7. The molecule has 0 saturated heterocycles. The Hall–Kier alpha value is -1.68. The highest BCUT2D eigenvalue weighted by atomic mass is 32.2. The van der Waals surface area contributed by atoms with Gasteiger partial charge in [-0.3, -0.25) is 0 Å². The summed E-state index contributed by atoms with van der Waals surface area (Å²) in [5.74, 6) is 1.13. The van der Waals surface area contributed by atoms with Gasteiger partial charge in [0.05, 0.1) is 0 Å². The summed E-state index contributed by atoms with van der Waals surface area (Å²) in [7, 11) is 0. The Labute approximate surface area is 110 Å². The number of hydrogen-bond acceptors (Lipinski definition) is 4. The van der Waals surface area contributed by atoms with Crippen LogP contribution in [0.1, 0.15) is 5.56 Å². The first-order valence-electron chi connectivity index (χ1n) is 5.91. The molecule has 1 aromatic carbocycles. The highest BCUT2D eigenvalue weighted by Gasteiger charge is 2.22. The van der Waals surface area contributed by atoms with E-state index in [1.807, 2.05) is 23.9 Å². The topological polar surface area (TPSA) is 48.1 Å². The van der Waals surface area contributed by atoms with Gasteiger partial charge in [0.15, 0.2) is 11.6 Å². The Morgan fingerprint density at radius 2 is 2.17 bits per heavy atom. The van der Waals surface area contributed by atoms with E-state index < -0.39 is 0 Å². The molecule has 92 valence electrons. The number of nitrogens with zero attached hydrogens (tertiary/aromatic N) is 1. The zero-order chi connectivity index (χ0) is 12.4. The number of ether oxygens (including phenoxy) is 1. The molecular weight excluding hydrogens is 244 g/mol. The van der Waals surface area contributed by atoms with E-state index in [-0.39, 0.29) is 0 Å². The van der Waals surface area contributed by atoms with Crippen LogP contribution in [0.15, 0.2) is 47.5 Å². The van der Waals surface area contributed by atoms with Gasteiger partial charge in [-0.05, 0) is 30.2 Å². The van der Waals surface area contributed by atoms with Crippen LogP contribution >= 0.6 is 11.8 Å². The first-order chi connectivity index (χ1) is 8.83. The molecule has 1 aliphatic heterocycles. The number of hydrogen-bond donors (Lipinski definition) is 1. The average Bonchev–Trinajstić information content (AvgIpc) is 2.80. The van der Waals surface area contributed by atoms with Crippen LogP contribution in [0.2, 0.25) is 0 Å². The van der Waals surface area contributed by atoms with E-state index in [2.05, 4.69) is 29.2 Å². The molecule has 0 bridgehead atoms. The zero-order valence-electron chi connectivity index (χ0n) is 9.87. The van der Waals surface area contributed by atoms with Gasteiger partial charge in [-0.15, -0.1) is 11.8 Å². The number of thioether (sulfide) groups is 1. The lowest BCUT2D eigenvalue weighted by atomic mass is 10.1. The van der Waals surface area contributed by atoms with Crippen molar-refractivity contribution in [3.05, 3.63) is 48.2 Å². The van der Waals surface area contributed by atoms with Crippen molar-refractivity contribution in [3.63, 3.8) is 0 Å². The monoisotopic (exact) mass is 258 g/mol. The van der Waals surface area contributed by atoms with E-state index in [4.69, 9.17) is 10.5 Å². The largest absolute Gasteiger partial charge is 0.489 e. The van der Waals surface area contributed by atoms with Crippen LogP contribution in [-0.4, -0.2) is 16.8 Å². The molecule has 3 rings (SSSR count). The summed E-state index contributed by atoms with van der Waals surface area (Å²) >= 11 is 1.88. The van der Waals surface area contributed by atoms with Gasteiger partial charge in [0.25, 0.3) is 0 Å². The molecule has 2 N–H and O–H groups in total. The third-order valence-corrected chi connectivity index (χ3v) is 4.23. The Morgan fingerprint density at radius 1 is 1.28 bits per heavy atom. The van der Waals surface area contributed by atoms with Crippen molar-refractivity contribution in [2.45, 2.75) is 16.6 Å². The van der Waals surface area contributed by atoms with Gasteiger partial charge in [-0.2, -0.15) is 0 Å². The van der Waals surface area contributed by atoms with E-state index in [1.54, 1.807) is 6.20 Å². The number of pyridine rings is 1. The van der Waals surface area contributed by atoms with Crippen LogP contribution in [0.5, 0.6) is 5.75 Å². The van der Waals surface area contributed by atoms with E-state index in [9.17, 15) is 0 Å². The Morgan fingerprint density at radius 3 is 3.00 bits per heavy atom. The number of aromatic nitrogens is 1. The van der Waals surface area contributed by atoms with Crippen LogP contribution in [0, 0.1) is 0 Å². The van der Waals surface area contributed by atoms with E-state index in [0.29, 0.717) is 23.4 Å². The van der Waals surface area contributed by atoms with E-state index in [0.717, 1.165) is 6.42 Å². The molecular formula is C14H14N2OS. The van der Waals surface area contributed by atoms with Crippen LogP contribution in [-0.2, 0) is 6.42 Å². The quantitative estimate of drug-likeness (QED) is 0.919. The molecule has 1 unspecified atom stereocenters. The standard InChI is InChI=1S/C14H14N2OS/c15-14-12(5-3-7-16-14)17-9-11-8-10-4-1-2-6-13(10)18-11/h1-7,11H,8-9H2,(H2,15,16). The Kier molecular flexibility index (Phi) is 3.11. The Balaban J connectivity index is 1.62. The van der Waals surface area contributed by atoms with Crippen LogP contribution < -0.4 is 10.5 Å². The molecule has 0 amide bonds. The molecule has 0 fully saturated rings. The maximum absolute atomic E-state index is 5.75. The second kappa shape index (κ2) is 4.90. The van der Waals surface area contributed by atoms with Crippen LogP contribution in [0.3, 0.4) is 0 Å². The molecule has 1 aromatic heterocycles. The molecule has 2 aromatic rings. The minimum atomic E-state index is 0.456. The fraction of sp³-hybridized carbons (Fsp3) is 0.214. The summed E-state index contributed by atoms with van der Waals surface area (Å²) in [6.45, 7) is 0.662. The van der Waals surface area contributed by atoms with Gasteiger partial charge in [0, 0.05) is 16.3 Å². The van der Waals surface area contributed by atoms with Gasteiger partial charge in [-0.1, -0.05) is 18.2 Å². The van der Waals surface area contributed by atoms with Gasteiger partial charge in [-0.25, -0.2) is 4.98 Å². The first-order valence-corrected chi connectivity index (χ1v) is 6.79. The minimum Gasteiger partial charge on any atom is -0.489 e. The summed E-state index contributed by atoms with van der Waals surface area (Å²) in [5.41, 5.74) is 7.16. The van der Waals surface area contributed by atoms with Crippen molar-refractivity contribution < 1.29 is 4.74 Å². The lowest BCUT2D eigenvalue weighted by molar-refractivity contribution is 0.318. The number of anilines is 1. The molecule has 1 aliphatic rings. The third-order valence-electron chi connectivity index (χ3n) is 2.94. The van der Waals surface area contributed by atoms with E-state index >= 15 is 0 Å². The molecule has 0 spiro atoms. The van der Waals surface area contributed by atoms with Crippen LogP contribution in [0.4, 0.5) is 5.82 Å². The predicted octanol–water partition coefficient (Wildman–Crippen LogP) is 2.76. The summed E-state index contributed by atoms with van der Waals surface area (Å²) in [4.78, 5) is 5.38. The summed E-state index contributed by atoms with van der Waals surface area (Å²) in [5, 5.41) is 0.460. The normalized spacial score (nSPS) is 17.4. The highest BCUT2D eigenvalue weighted by Crippen LogP contribution is 2.37. The van der Waals surface area contributed by atoms with Gasteiger partial charge in [0.1, 0.15) is 6.61 Å². The molecule has 2 heterocycles. The first kappa shape index (κ1) is 11.4. The lowest BCUT2D eigenvalue weighted by Gasteiger charge is -2.11. The van der Waals surface area contributed by atoms with Gasteiger partial charge >= 0.3 is 0 Å². The summed E-state index contributed by atoms with van der Waals surface area (Å²) in [6.07, 6.45) is 2.73. The predicted molar refractivity (Wildman–Crippen MR) is 73.9 cm³/mol. The maximum atomic E-state index is 5.75. The fourth-order valence-electron chi connectivity index (χ4n) is 2.05. The molecule has 0 radical (unpaired) electrons. The molecule has 18 heavy (non-hydrogen) atoms. The minimum absolute atomic E-state index is 0.456. The number of rotatable bonds is 3. The molecule has 0 aliphatic carbocycles. The lowest BCUT2D eigenvalue weighted by Crippen LogP contribution is -2.14. The molecule has 1 atom stereocenters. The summed E-state index contributed by atoms with van der Waals surface area (Å²) < 4.78 is 5.74. The second-order valence-corrected chi connectivity index (χ2v) is 5.59. The third kappa shape index (κ3) is 2.29. The molecule has 4 heteroatoms. The fourth-order valence-corrected chi connectivity index (χ4v) is 3.27. The number of nitrogen functional groups attached to an aromatic ring is 1. The molecule has 0 saturated carbocycles. The Bertz CT molecular complexity index is 534. The van der Waals surface area contributed by atoms with Gasteiger partial charge in [0.2, 0.25) is 0 Å².